The van der Waals surface area contributed by atoms with Crippen LogP contribution >= 0.6 is 0 Å². The zero-order chi connectivity index (χ0) is 26.6. The SMILES string of the molecule is [C-]#[N+]c1ccc2c(n1)c(N1C[C@@H](C)N(C(c3ccc(F)cc3)c3nc(C4CC4)no3)C[C@@H]1C)nc(=O)n2C. The molecule has 194 valence electrons. The quantitative estimate of drug-likeness (QED) is 0.369. The van der Waals surface area contributed by atoms with Gasteiger partial charge in [0.05, 0.1) is 5.52 Å². The Balaban J connectivity index is 1.38. The second kappa shape index (κ2) is 9.29. The number of nitrogens with zero attached hydrogens (tertiary/aromatic N) is 8. The van der Waals surface area contributed by atoms with E-state index in [0.29, 0.717) is 41.7 Å². The number of aromatic nitrogens is 5. The summed E-state index contributed by atoms with van der Waals surface area (Å²) in [4.78, 5) is 34.2. The zero-order valence-corrected chi connectivity index (χ0v) is 21.4. The number of hydrogen-bond donors (Lipinski definition) is 0. The molecule has 1 saturated carbocycles. The van der Waals surface area contributed by atoms with Crippen LogP contribution in [0.4, 0.5) is 16.0 Å². The monoisotopic (exact) mass is 514 g/mol. The Morgan fingerprint density at radius 3 is 2.53 bits per heavy atom. The molecule has 4 heterocycles. The Hall–Kier alpha value is -4.17. The molecule has 2 fully saturated rings. The molecule has 0 bridgehead atoms. The molecule has 0 radical (unpaired) electrons. The standard InChI is InChI=1S/C27H27FN8O2/c1-15-14-36(25-22-20(34(4)27(37)32-25)11-12-21(29-3)30-22)16(2)13-35(15)23(17-7-9-19(28)10-8-17)26-31-24(33-38-26)18-5-6-18/h7-12,15-16,18,23H,5-6,13-14H2,1-2,4H3/t15-,16+,23?/m1/s1. The molecule has 1 aliphatic heterocycles. The van der Waals surface area contributed by atoms with Crippen molar-refractivity contribution in [2.24, 2.45) is 7.05 Å². The molecule has 6 rings (SSSR count). The van der Waals surface area contributed by atoms with Gasteiger partial charge in [-0.3, -0.25) is 9.47 Å². The molecule has 1 aliphatic carbocycles. The van der Waals surface area contributed by atoms with Gasteiger partial charge in [-0.1, -0.05) is 23.9 Å². The summed E-state index contributed by atoms with van der Waals surface area (Å²) in [6, 6.07) is 9.31. The fourth-order valence-electron chi connectivity index (χ4n) is 5.26. The summed E-state index contributed by atoms with van der Waals surface area (Å²) in [7, 11) is 1.65. The number of halogens is 1. The van der Waals surface area contributed by atoms with Crippen LogP contribution in [0.25, 0.3) is 15.9 Å². The summed E-state index contributed by atoms with van der Waals surface area (Å²) in [5.41, 5.74) is 1.63. The van der Waals surface area contributed by atoms with Crippen LogP contribution in [0.1, 0.15) is 55.9 Å². The molecule has 1 aromatic carbocycles. The van der Waals surface area contributed by atoms with Crippen LogP contribution in [-0.4, -0.2) is 54.7 Å². The minimum atomic E-state index is -0.380. The van der Waals surface area contributed by atoms with E-state index in [1.54, 1.807) is 31.3 Å². The molecule has 0 amide bonds. The lowest BCUT2D eigenvalue weighted by atomic mass is 9.99. The van der Waals surface area contributed by atoms with Gasteiger partial charge in [0.25, 0.3) is 5.82 Å². The van der Waals surface area contributed by atoms with E-state index in [2.05, 4.69) is 43.6 Å². The van der Waals surface area contributed by atoms with Crippen LogP contribution in [-0.2, 0) is 7.05 Å². The molecule has 0 spiro atoms. The molecule has 10 nitrogen and oxygen atoms in total. The molecule has 1 saturated heterocycles. The Morgan fingerprint density at radius 2 is 1.82 bits per heavy atom. The van der Waals surface area contributed by atoms with Gasteiger partial charge in [0, 0.05) is 38.1 Å². The largest absolute Gasteiger partial charge is 0.361 e. The van der Waals surface area contributed by atoms with E-state index in [0.717, 1.165) is 24.2 Å². The molecule has 4 aromatic rings. The fourth-order valence-corrected chi connectivity index (χ4v) is 5.26. The average Bonchev–Trinajstić information content (AvgIpc) is 3.66. The molecular weight excluding hydrogens is 487 g/mol. The molecule has 2 aliphatic rings. The maximum Gasteiger partial charge on any atom is 0.350 e. The van der Waals surface area contributed by atoms with Crippen molar-refractivity contribution in [3.8, 4) is 0 Å². The van der Waals surface area contributed by atoms with Gasteiger partial charge in [-0.25, -0.2) is 9.18 Å². The van der Waals surface area contributed by atoms with Crippen LogP contribution in [0.15, 0.2) is 45.7 Å². The van der Waals surface area contributed by atoms with Crippen molar-refractivity contribution >= 4 is 22.7 Å². The van der Waals surface area contributed by atoms with Crippen molar-refractivity contribution in [3.05, 3.63) is 81.4 Å². The third-order valence-corrected chi connectivity index (χ3v) is 7.49. The van der Waals surface area contributed by atoms with E-state index in [4.69, 9.17) is 16.1 Å². The Labute approximate surface area is 218 Å². The topological polar surface area (TPSA) is 97.5 Å². The van der Waals surface area contributed by atoms with E-state index in [-0.39, 0.29) is 35.5 Å². The van der Waals surface area contributed by atoms with Gasteiger partial charge in [-0.15, -0.1) is 4.98 Å². The van der Waals surface area contributed by atoms with Crippen LogP contribution < -0.4 is 10.6 Å². The highest BCUT2D eigenvalue weighted by molar-refractivity contribution is 5.87. The van der Waals surface area contributed by atoms with Crippen molar-refractivity contribution in [3.63, 3.8) is 0 Å². The number of fused-ring (bicyclic) bond motifs is 1. The summed E-state index contributed by atoms with van der Waals surface area (Å²) < 4.78 is 21.0. The van der Waals surface area contributed by atoms with Crippen LogP contribution in [0.5, 0.6) is 0 Å². The molecule has 0 N–H and O–H groups in total. The van der Waals surface area contributed by atoms with E-state index < -0.39 is 0 Å². The van der Waals surface area contributed by atoms with Crippen LogP contribution in [0, 0.1) is 12.4 Å². The van der Waals surface area contributed by atoms with Gasteiger partial charge >= 0.3 is 5.69 Å². The van der Waals surface area contributed by atoms with Gasteiger partial charge in [0.15, 0.2) is 11.6 Å². The number of benzene rings is 1. The van der Waals surface area contributed by atoms with Gasteiger partial charge in [-0.2, -0.15) is 9.97 Å². The molecule has 11 heteroatoms. The normalized spacial score (nSPS) is 21.0. The lowest BCUT2D eigenvalue weighted by molar-refractivity contribution is 0.109. The summed E-state index contributed by atoms with van der Waals surface area (Å²) in [6.07, 6.45) is 2.13. The van der Waals surface area contributed by atoms with Crippen molar-refractivity contribution in [1.29, 1.82) is 0 Å². The molecular formula is C27H27FN8O2. The first-order valence-electron chi connectivity index (χ1n) is 12.7. The number of anilines is 1. The number of hydrogen-bond acceptors (Lipinski definition) is 8. The maximum absolute atomic E-state index is 13.8. The summed E-state index contributed by atoms with van der Waals surface area (Å²) in [5.74, 6) is 1.98. The number of piperazine rings is 1. The lowest BCUT2D eigenvalue weighted by Gasteiger charge is -2.46. The second-order valence-corrected chi connectivity index (χ2v) is 10.2. The first-order valence-corrected chi connectivity index (χ1v) is 12.7. The highest BCUT2D eigenvalue weighted by Crippen LogP contribution is 2.40. The Morgan fingerprint density at radius 1 is 1.05 bits per heavy atom. The second-order valence-electron chi connectivity index (χ2n) is 10.2. The first-order chi connectivity index (χ1) is 18.3. The van der Waals surface area contributed by atoms with Crippen molar-refractivity contribution in [2.45, 2.75) is 50.7 Å². The smallest absolute Gasteiger partial charge is 0.350 e. The van der Waals surface area contributed by atoms with Crippen LogP contribution in [0.2, 0.25) is 0 Å². The van der Waals surface area contributed by atoms with E-state index in [9.17, 15) is 9.18 Å². The lowest BCUT2D eigenvalue weighted by Crippen LogP contribution is -2.58. The molecule has 38 heavy (non-hydrogen) atoms. The summed E-state index contributed by atoms with van der Waals surface area (Å²) in [6.45, 7) is 12.7. The van der Waals surface area contributed by atoms with Gasteiger partial charge in [0.2, 0.25) is 11.4 Å². The van der Waals surface area contributed by atoms with E-state index in [1.807, 2.05) is 0 Å². The predicted molar refractivity (Wildman–Crippen MR) is 139 cm³/mol. The number of pyridine rings is 1. The van der Waals surface area contributed by atoms with Crippen molar-refractivity contribution in [2.75, 3.05) is 18.0 Å². The van der Waals surface area contributed by atoms with E-state index >= 15 is 0 Å². The van der Waals surface area contributed by atoms with Gasteiger partial charge in [-0.05, 0) is 56.5 Å². The van der Waals surface area contributed by atoms with E-state index in [1.165, 1.54) is 16.7 Å². The third-order valence-electron chi connectivity index (χ3n) is 7.49. The minimum absolute atomic E-state index is 0.0255. The summed E-state index contributed by atoms with van der Waals surface area (Å²) in [5, 5.41) is 4.24. The minimum Gasteiger partial charge on any atom is -0.361 e. The number of aryl methyl sites for hydroxylation is 1. The van der Waals surface area contributed by atoms with Crippen molar-refractivity contribution in [1.82, 2.24) is 29.6 Å². The Bertz CT molecular complexity index is 1600. The zero-order valence-electron chi connectivity index (χ0n) is 21.4. The first kappa shape index (κ1) is 24.2. The van der Waals surface area contributed by atoms with Gasteiger partial charge in [0.1, 0.15) is 11.9 Å². The Kier molecular flexibility index (Phi) is 5.91. The number of rotatable bonds is 5. The third kappa shape index (κ3) is 4.20. The van der Waals surface area contributed by atoms with Crippen LogP contribution in [0.3, 0.4) is 0 Å². The predicted octanol–water partition coefficient (Wildman–Crippen LogP) is 3.97. The molecule has 3 atom stereocenters. The van der Waals surface area contributed by atoms with Gasteiger partial charge < -0.3 is 14.3 Å². The maximum atomic E-state index is 13.8. The highest BCUT2D eigenvalue weighted by Gasteiger charge is 2.40. The molecule has 3 aromatic heterocycles. The summed E-state index contributed by atoms with van der Waals surface area (Å²) >= 11 is 0. The highest BCUT2D eigenvalue weighted by atomic mass is 19.1. The fraction of sp³-hybridized carbons (Fsp3) is 0.407. The van der Waals surface area contributed by atoms with Crippen molar-refractivity contribution < 1.29 is 8.91 Å². The average molecular weight is 515 g/mol. The molecule has 1 unspecified atom stereocenters.